The molecule has 2 aromatic rings. The molecule has 1 saturated carbocycles. The van der Waals surface area contributed by atoms with Gasteiger partial charge in [0.2, 0.25) is 5.95 Å². The Balaban J connectivity index is 1.62. The SMILES string of the molecule is Cc1nc(N)nc(N2CCN(C3CC3)CC2)c1C#Cc1cccnc1. The molecule has 1 aliphatic carbocycles. The number of anilines is 2. The summed E-state index contributed by atoms with van der Waals surface area (Å²) in [5.41, 5.74) is 8.47. The Labute approximate surface area is 148 Å². The third-order valence-corrected chi connectivity index (χ3v) is 4.76. The molecule has 0 unspecified atom stereocenters. The first-order chi connectivity index (χ1) is 12.2. The van der Waals surface area contributed by atoms with E-state index < -0.39 is 0 Å². The lowest BCUT2D eigenvalue weighted by Crippen LogP contribution is -2.47. The molecule has 6 heteroatoms. The highest BCUT2D eigenvalue weighted by atomic mass is 15.3. The van der Waals surface area contributed by atoms with E-state index in [4.69, 9.17) is 5.73 Å². The van der Waals surface area contributed by atoms with Gasteiger partial charge in [-0.15, -0.1) is 0 Å². The van der Waals surface area contributed by atoms with E-state index in [1.165, 1.54) is 12.8 Å². The van der Waals surface area contributed by atoms with E-state index in [1.54, 1.807) is 12.4 Å². The molecule has 2 N–H and O–H groups in total. The predicted octanol–water partition coefficient (Wildman–Crippen LogP) is 1.45. The highest BCUT2D eigenvalue weighted by Gasteiger charge is 2.32. The Morgan fingerprint density at radius 1 is 1.12 bits per heavy atom. The Hall–Kier alpha value is -2.65. The molecule has 0 amide bonds. The van der Waals surface area contributed by atoms with Crippen LogP contribution in [0.2, 0.25) is 0 Å². The molecule has 2 fully saturated rings. The zero-order chi connectivity index (χ0) is 17.2. The number of hydrogen-bond donors (Lipinski definition) is 1. The van der Waals surface area contributed by atoms with Crippen LogP contribution in [0, 0.1) is 18.8 Å². The minimum absolute atomic E-state index is 0.309. The summed E-state index contributed by atoms with van der Waals surface area (Å²) in [6, 6.07) is 4.64. The molecule has 1 aliphatic heterocycles. The van der Waals surface area contributed by atoms with E-state index in [1.807, 2.05) is 19.1 Å². The fourth-order valence-electron chi connectivity index (χ4n) is 3.26. The number of rotatable bonds is 2. The Kier molecular flexibility index (Phi) is 4.24. The van der Waals surface area contributed by atoms with Crippen LogP contribution in [0.25, 0.3) is 0 Å². The summed E-state index contributed by atoms with van der Waals surface area (Å²) in [5.74, 6) is 7.58. The van der Waals surface area contributed by atoms with Crippen molar-refractivity contribution in [2.24, 2.45) is 0 Å². The first-order valence-corrected chi connectivity index (χ1v) is 8.76. The molecule has 6 nitrogen and oxygen atoms in total. The van der Waals surface area contributed by atoms with Crippen molar-refractivity contribution in [1.29, 1.82) is 0 Å². The zero-order valence-corrected chi connectivity index (χ0v) is 14.4. The van der Waals surface area contributed by atoms with Gasteiger partial charge in [0.15, 0.2) is 0 Å². The largest absolute Gasteiger partial charge is 0.368 e. The molecule has 0 aromatic carbocycles. The summed E-state index contributed by atoms with van der Waals surface area (Å²) in [5, 5.41) is 0. The fraction of sp³-hybridized carbons (Fsp3) is 0.421. The second-order valence-electron chi connectivity index (χ2n) is 6.61. The fourth-order valence-corrected chi connectivity index (χ4v) is 3.26. The van der Waals surface area contributed by atoms with Gasteiger partial charge in [0.1, 0.15) is 5.82 Å². The Morgan fingerprint density at radius 2 is 1.92 bits per heavy atom. The third-order valence-electron chi connectivity index (χ3n) is 4.76. The van der Waals surface area contributed by atoms with Gasteiger partial charge in [-0.2, -0.15) is 4.98 Å². The lowest BCUT2D eigenvalue weighted by atomic mass is 10.1. The van der Waals surface area contributed by atoms with Gasteiger partial charge < -0.3 is 10.6 Å². The number of aromatic nitrogens is 3. The minimum Gasteiger partial charge on any atom is -0.368 e. The van der Waals surface area contributed by atoms with E-state index >= 15 is 0 Å². The number of piperazine rings is 1. The molecule has 3 heterocycles. The maximum Gasteiger partial charge on any atom is 0.222 e. The Bertz CT molecular complexity index is 811. The Morgan fingerprint density at radius 3 is 2.60 bits per heavy atom. The van der Waals surface area contributed by atoms with Crippen molar-refractivity contribution in [1.82, 2.24) is 19.9 Å². The van der Waals surface area contributed by atoms with Crippen LogP contribution in [0.4, 0.5) is 11.8 Å². The molecular formula is C19H22N6. The number of nitrogen functional groups attached to an aromatic ring is 1. The number of nitrogens with two attached hydrogens (primary N) is 1. The molecule has 2 aromatic heterocycles. The number of hydrogen-bond acceptors (Lipinski definition) is 6. The molecular weight excluding hydrogens is 312 g/mol. The molecule has 4 rings (SSSR count). The second kappa shape index (κ2) is 6.69. The molecule has 0 atom stereocenters. The van der Waals surface area contributed by atoms with Crippen molar-refractivity contribution in [2.75, 3.05) is 36.8 Å². The van der Waals surface area contributed by atoms with Crippen LogP contribution in [0.1, 0.15) is 29.7 Å². The van der Waals surface area contributed by atoms with Crippen molar-refractivity contribution >= 4 is 11.8 Å². The lowest BCUT2D eigenvalue weighted by molar-refractivity contribution is 0.247. The molecule has 128 valence electrons. The summed E-state index contributed by atoms with van der Waals surface area (Å²) in [6.45, 7) is 5.99. The van der Waals surface area contributed by atoms with Crippen LogP contribution in [-0.4, -0.2) is 52.1 Å². The smallest absolute Gasteiger partial charge is 0.222 e. The van der Waals surface area contributed by atoms with E-state index in [-0.39, 0.29) is 0 Å². The average Bonchev–Trinajstić information content (AvgIpc) is 3.47. The molecule has 2 aliphatic rings. The van der Waals surface area contributed by atoms with Crippen LogP contribution in [0.15, 0.2) is 24.5 Å². The first kappa shape index (κ1) is 15.9. The number of pyridine rings is 1. The second-order valence-corrected chi connectivity index (χ2v) is 6.61. The predicted molar refractivity (Wildman–Crippen MR) is 98.2 cm³/mol. The van der Waals surface area contributed by atoms with Crippen LogP contribution < -0.4 is 10.6 Å². The molecule has 25 heavy (non-hydrogen) atoms. The van der Waals surface area contributed by atoms with Crippen molar-refractivity contribution in [2.45, 2.75) is 25.8 Å². The van der Waals surface area contributed by atoms with Gasteiger partial charge in [0, 0.05) is 50.2 Å². The lowest BCUT2D eigenvalue weighted by Gasteiger charge is -2.36. The van der Waals surface area contributed by atoms with Gasteiger partial charge in [0.25, 0.3) is 0 Å². The van der Waals surface area contributed by atoms with Crippen LogP contribution in [-0.2, 0) is 0 Å². The van der Waals surface area contributed by atoms with Gasteiger partial charge in [-0.25, -0.2) is 4.98 Å². The molecule has 0 bridgehead atoms. The summed E-state index contributed by atoms with van der Waals surface area (Å²) >= 11 is 0. The highest BCUT2D eigenvalue weighted by Crippen LogP contribution is 2.29. The van der Waals surface area contributed by atoms with E-state index in [2.05, 4.69) is 36.6 Å². The zero-order valence-electron chi connectivity index (χ0n) is 14.4. The van der Waals surface area contributed by atoms with E-state index in [0.29, 0.717) is 5.95 Å². The molecule has 1 saturated heterocycles. The van der Waals surface area contributed by atoms with E-state index in [0.717, 1.165) is 54.9 Å². The van der Waals surface area contributed by atoms with Gasteiger partial charge in [-0.05, 0) is 31.9 Å². The monoisotopic (exact) mass is 334 g/mol. The van der Waals surface area contributed by atoms with Gasteiger partial charge in [-0.3, -0.25) is 9.88 Å². The normalized spacial score (nSPS) is 17.9. The maximum absolute atomic E-state index is 5.91. The van der Waals surface area contributed by atoms with Crippen molar-refractivity contribution < 1.29 is 0 Å². The quantitative estimate of drug-likeness (QED) is 0.838. The van der Waals surface area contributed by atoms with Gasteiger partial charge >= 0.3 is 0 Å². The van der Waals surface area contributed by atoms with Crippen molar-refractivity contribution in [3.8, 4) is 11.8 Å². The molecule has 0 spiro atoms. The maximum atomic E-state index is 5.91. The standard InChI is InChI=1S/C19H22N6/c1-14-17(7-4-15-3-2-8-21-13-15)18(23-19(20)22-14)25-11-9-24(10-12-25)16-5-6-16/h2-3,8,13,16H,5-6,9-12H2,1H3,(H2,20,22,23). The molecule has 0 radical (unpaired) electrons. The number of aryl methyl sites for hydroxylation is 1. The third kappa shape index (κ3) is 3.57. The average molecular weight is 334 g/mol. The minimum atomic E-state index is 0.309. The topological polar surface area (TPSA) is 71.2 Å². The summed E-state index contributed by atoms with van der Waals surface area (Å²) in [7, 11) is 0. The first-order valence-electron chi connectivity index (χ1n) is 8.76. The van der Waals surface area contributed by atoms with Gasteiger partial charge in [-0.1, -0.05) is 11.8 Å². The van der Waals surface area contributed by atoms with Crippen LogP contribution in [0.3, 0.4) is 0 Å². The van der Waals surface area contributed by atoms with Crippen molar-refractivity contribution in [3.63, 3.8) is 0 Å². The van der Waals surface area contributed by atoms with E-state index in [9.17, 15) is 0 Å². The van der Waals surface area contributed by atoms with Gasteiger partial charge in [0.05, 0.1) is 11.3 Å². The van der Waals surface area contributed by atoms with Crippen LogP contribution >= 0.6 is 0 Å². The summed E-state index contributed by atoms with van der Waals surface area (Å²) in [4.78, 5) is 17.8. The summed E-state index contributed by atoms with van der Waals surface area (Å²) in [6.07, 6.45) is 6.20. The number of nitrogens with zero attached hydrogens (tertiary/aromatic N) is 5. The summed E-state index contributed by atoms with van der Waals surface area (Å²) < 4.78 is 0. The highest BCUT2D eigenvalue weighted by molar-refractivity contribution is 5.61. The van der Waals surface area contributed by atoms with Crippen LogP contribution in [0.5, 0.6) is 0 Å². The van der Waals surface area contributed by atoms with Crippen molar-refractivity contribution in [3.05, 3.63) is 41.3 Å².